The Balaban J connectivity index is 2.55. The van der Waals surface area contributed by atoms with E-state index in [2.05, 4.69) is 0 Å². The van der Waals surface area contributed by atoms with Crippen LogP contribution >= 0.6 is 0 Å². The molecule has 0 bridgehead atoms. The van der Waals surface area contributed by atoms with E-state index in [1.807, 2.05) is 0 Å². The minimum absolute atomic E-state index is 0.167. The summed E-state index contributed by atoms with van der Waals surface area (Å²) in [6, 6.07) is 0. The fraction of sp³-hybridized carbons (Fsp3) is 0.800. The normalized spacial score (nSPS) is 37.0. The molecule has 0 aromatic rings. The molecule has 46 valence electrons. The Morgan fingerprint density at radius 2 is 2.38 bits per heavy atom. The maximum absolute atomic E-state index is 10.6. The Labute approximate surface area is 48.4 Å². The molecule has 8 heavy (non-hydrogen) atoms. The zero-order valence-corrected chi connectivity index (χ0v) is 5.18. The molecule has 0 radical (unpaired) electrons. The molecule has 0 aromatic heterocycles. The number of hydroxylamine groups is 3. The van der Waals surface area contributed by atoms with Crippen molar-refractivity contribution >= 4 is 5.91 Å². The lowest BCUT2D eigenvalue weighted by atomic mass is 10.2. The third-order valence-corrected chi connectivity index (χ3v) is 1.68. The van der Waals surface area contributed by atoms with Gasteiger partial charge in [-0.25, -0.2) is 4.79 Å². The minimum atomic E-state index is 0.167. The van der Waals surface area contributed by atoms with Gasteiger partial charge in [-0.2, -0.15) is 4.84 Å². The number of β-lactam (4-membered cyclic amide) rings is 1. The van der Waals surface area contributed by atoms with Crippen molar-refractivity contribution in [1.29, 1.82) is 0 Å². The van der Waals surface area contributed by atoms with Gasteiger partial charge in [0.25, 0.3) is 0 Å². The molecular formula is C5H10NO2+. The number of hydrogen-bond acceptors (Lipinski definition) is 2. The van der Waals surface area contributed by atoms with E-state index in [0.29, 0.717) is 6.42 Å². The van der Waals surface area contributed by atoms with E-state index in [9.17, 15) is 4.79 Å². The lowest BCUT2D eigenvalue weighted by Crippen LogP contribution is -2.58. The van der Waals surface area contributed by atoms with Gasteiger partial charge >= 0.3 is 5.91 Å². The van der Waals surface area contributed by atoms with Crippen LogP contribution in [-0.4, -0.2) is 31.3 Å². The highest BCUT2D eigenvalue weighted by Crippen LogP contribution is 2.17. The number of hydrogen-bond donors (Lipinski definition) is 0. The van der Waals surface area contributed by atoms with Crippen LogP contribution in [-0.2, 0) is 9.63 Å². The molecule has 1 fully saturated rings. The molecule has 0 aliphatic carbocycles. The van der Waals surface area contributed by atoms with Crippen LogP contribution in [0, 0.1) is 0 Å². The van der Waals surface area contributed by atoms with E-state index in [4.69, 9.17) is 4.84 Å². The standard InChI is InChI=1S/C5H10NO2/c1-6(8-2)4-3-5(6)7/h3-4H2,1-2H3/q+1. The van der Waals surface area contributed by atoms with E-state index >= 15 is 0 Å². The SMILES string of the molecule is CO[N+]1(C)CCC1=O. The first-order valence-electron chi connectivity index (χ1n) is 2.64. The Morgan fingerprint density at radius 1 is 1.75 bits per heavy atom. The van der Waals surface area contributed by atoms with Crippen LogP contribution in [0.5, 0.6) is 0 Å². The van der Waals surface area contributed by atoms with Crippen molar-refractivity contribution in [2.45, 2.75) is 6.42 Å². The van der Waals surface area contributed by atoms with Gasteiger partial charge in [0.05, 0.1) is 7.11 Å². The zero-order valence-electron chi connectivity index (χ0n) is 5.18. The summed E-state index contributed by atoms with van der Waals surface area (Å²) in [7, 11) is 3.32. The summed E-state index contributed by atoms with van der Waals surface area (Å²) in [6.45, 7) is 0.829. The first-order chi connectivity index (χ1) is 3.69. The quantitative estimate of drug-likeness (QED) is 0.354. The minimum Gasteiger partial charge on any atom is -0.227 e. The van der Waals surface area contributed by atoms with Crippen LogP contribution < -0.4 is 0 Å². The van der Waals surface area contributed by atoms with E-state index in [1.165, 1.54) is 0 Å². The maximum Gasteiger partial charge on any atom is 0.351 e. The maximum atomic E-state index is 10.6. The summed E-state index contributed by atoms with van der Waals surface area (Å²) in [5.41, 5.74) is 0. The van der Waals surface area contributed by atoms with Gasteiger partial charge in [-0.15, -0.1) is 4.65 Å². The predicted octanol–water partition coefficient (Wildman–Crippen LogP) is -0.0753. The van der Waals surface area contributed by atoms with Crippen molar-refractivity contribution in [2.24, 2.45) is 0 Å². The van der Waals surface area contributed by atoms with Crippen LogP contribution in [0.1, 0.15) is 6.42 Å². The second-order valence-electron chi connectivity index (χ2n) is 2.15. The number of rotatable bonds is 1. The first-order valence-corrected chi connectivity index (χ1v) is 2.64. The monoisotopic (exact) mass is 116 g/mol. The molecule has 0 spiro atoms. The van der Waals surface area contributed by atoms with Crippen LogP contribution in [0.15, 0.2) is 0 Å². The van der Waals surface area contributed by atoms with Gasteiger partial charge in [-0.1, -0.05) is 0 Å². The Bertz CT molecular complexity index is 120. The summed E-state index contributed by atoms with van der Waals surface area (Å²) in [6.07, 6.45) is 0.671. The summed E-state index contributed by atoms with van der Waals surface area (Å²) in [5, 5.41) is 0. The van der Waals surface area contributed by atoms with Gasteiger partial charge in [0.15, 0.2) is 0 Å². The summed E-state index contributed by atoms with van der Waals surface area (Å²) in [5.74, 6) is 0.174. The fourth-order valence-electron chi connectivity index (χ4n) is 0.711. The Morgan fingerprint density at radius 3 is 2.38 bits per heavy atom. The van der Waals surface area contributed by atoms with Gasteiger partial charge in [0, 0.05) is 0 Å². The van der Waals surface area contributed by atoms with Gasteiger partial charge in [0.2, 0.25) is 0 Å². The molecule has 1 amide bonds. The van der Waals surface area contributed by atoms with Crippen molar-refractivity contribution in [1.82, 2.24) is 0 Å². The number of amides is 1. The predicted molar refractivity (Wildman–Crippen MR) is 27.7 cm³/mol. The highest BCUT2D eigenvalue weighted by molar-refractivity contribution is 5.72. The molecule has 0 saturated carbocycles. The highest BCUT2D eigenvalue weighted by atomic mass is 16.7. The smallest absolute Gasteiger partial charge is 0.227 e. The molecule has 1 aliphatic rings. The lowest BCUT2D eigenvalue weighted by molar-refractivity contribution is -1.04. The number of carbonyl (C=O) groups excluding carboxylic acids is 1. The summed E-state index contributed by atoms with van der Waals surface area (Å²) >= 11 is 0. The van der Waals surface area contributed by atoms with E-state index in [1.54, 1.807) is 14.2 Å². The molecule has 1 rings (SSSR count). The average Bonchev–Trinajstić information content (AvgIpc) is 1.83. The number of nitrogens with zero attached hydrogens (tertiary/aromatic N) is 1. The number of quaternary nitrogens is 1. The fourth-order valence-corrected chi connectivity index (χ4v) is 0.711. The average molecular weight is 116 g/mol. The summed E-state index contributed by atoms with van der Waals surface area (Å²) < 4.78 is 0.167. The van der Waals surface area contributed by atoms with Gasteiger partial charge in [-0.3, -0.25) is 0 Å². The van der Waals surface area contributed by atoms with Gasteiger partial charge in [-0.05, 0) is 0 Å². The van der Waals surface area contributed by atoms with Crippen molar-refractivity contribution in [2.75, 3.05) is 20.7 Å². The van der Waals surface area contributed by atoms with Crippen LogP contribution in [0.3, 0.4) is 0 Å². The molecule has 3 heteroatoms. The molecule has 1 heterocycles. The second kappa shape index (κ2) is 1.53. The molecule has 0 N–H and O–H groups in total. The Kier molecular flexibility index (Phi) is 1.10. The van der Waals surface area contributed by atoms with Crippen molar-refractivity contribution in [3.05, 3.63) is 0 Å². The third kappa shape index (κ3) is 0.553. The van der Waals surface area contributed by atoms with Crippen LogP contribution in [0.4, 0.5) is 0 Å². The van der Waals surface area contributed by atoms with Crippen LogP contribution in [0.25, 0.3) is 0 Å². The molecular weight excluding hydrogens is 106 g/mol. The van der Waals surface area contributed by atoms with E-state index < -0.39 is 0 Å². The molecule has 1 unspecified atom stereocenters. The second-order valence-corrected chi connectivity index (χ2v) is 2.15. The molecule has 1 atom stereocenters. The number of likely N-dealkylation sites (tertiary alicyclic amines) is 1. The van der Waals surface area contributed by atoms with E-state index in [-0.39, 0.29) is 10.6 Å². The summed E-state index contributed by atoms with van der Waals surface area (Å²) in [4.78, 5) is 15.5. The molecule has 1 aliphatic heterocycles. The first kappa shape index (κ1) is 5.72. The zero-order chi connectivity index (χ0) is 6.20. The van der Waals surface area contributed by atoms with Crippen molar-refractivity contribution in [3.8, 4) is 0 Å². The highest BCUT2D eigenvalue weighted by Gasteiger charge is 2.43. The van der Waals surface area contributed by atoms with Crippen molar-refractivity contribution < 1.29 is 14.3 Å². The molecule has 3 nitrogen and oxygen atoms in total. The van der Waals surface area contributed by atoms with Crippen molar-refractivity contribution in [3.63, 3.8) is 0 Å². The molecule has 1 saturated heterocycles. The molecule has 0 aromatic carbocycles. The van der Waals surface area contributed by atoms with Gasteiger partial charge in [0.1, 0.15) is 20.0 Å². The van der Waals surface area contributed by atoms with Gasteiger partial charge < -0.3 is 0 Å². The topological polar surface area (TPSA) is 26.3 Å². The van der Waals surface area contributed by atoms with Crippen LogP contribution in [0.2, 0.25) is 0 Å². The number of carbonyl (C=O) groups is 1. The Hall–Kier alpha value is -0.410. The lowest BCUT2D eigenvalue weighted by Gasteiger charge is -2.33. The van der Waals surface area contributed by atoms with E-state index in [0.717, 1.165) is 6.54 Å². The third-order valence-electron chi connectivity index (χ3n) is 1.68. The largest absolute Gasteiger partial charge is 0.351 e.